The third-order valence-electron chi connectivity index (χ3n) is 2.87. The van der Waals surface area contributed by atoms with Crippen molar-refractivity contribution in [1.29, 1.82) is 0 Å². The topological polar surface area (TPSA) is 80.4 Å². The molecule has 0 aliphatic heterocycles. The number of benzene rings is 1. The Bertz CT molecular complexity index is 470. The molecule has 1 aromatic rings. The minimum atomic E-state index is -3.26. The first kappa shape index (κ1) is 14.0. The highest BCUT2D eigenvalue weighted by molar-refractivity contribution is 7.92. The normalized spacial score (nSPS) is 15.5. The first-order valence-electron chi connectivity index (χ1n) is 5.67. The average Bonchev–Trinajstić information content (AvgIpc) is 2.29. The molecular formula is C12H19NO3S. The van der Waals surface area contributed by atoms with Crippen molar-refractivity contribution in [3.63, 3.8) is 0 Å². The summed E-state index contributed by atoms with van der Waals surface area (Å²) in [6.45, 7) is 3.34. The Kier molecular flexibility index (Phi) is 4.54. The Morgan fingerprint density at radius 2 is 2.00 bits per heavy atom. The molecule has 17 heavy (non-hydrogen) atoms. The van der Waals surface area contributed by atoms with E-state index in [1.54, 1.807) is 38.1 Å². The Labute approximate surface area is 102 Å². The number of hydrogen-bond donors (Lipinski definition) is 2. The average molecular weight is 257 g/mol. The highest BCUT2D eigenvalue weighted by Gasteiger charge is 2.30. The van der Waals surface area contributed by atoms with E-state index in [2.05, 4.69) is 0 Å². The maximum Gasteiger partial charge on any atom is 0.155 e. The van der Waals surface area contributed by atoms with Gasteiger partial charge < -0.3 is 10.8 Å². The van der Waals surface area contributed by atoms with Gasteiger partial charge in [-0.3, -0.25) is 0 Å². The van der Waals surface area contributed by atoms with Crippen molar-refractivity contribution in [2.75, 3.05) is 11.5 Å². The highest BCUT2D eigenvalue weighted by Crippen LogP contribution is 2.26. The fourth-order valence-corrected chi connectivity index (χ4v) is 3.33. The predicted molar refractivity (Wildman–Crippen MR) is 69.4 cm³/mol. The van der Waals surface area contributed by atoms with Crippen molar-refractivity contribution in [3.8, 4) is 0 Å². The molecule has 0 saturated carbocycles. The standard InChI is InChI=1S/C12H19NO3S/c1-3-11(17(15,16)4-2)12(14)9-6-5-7-10(13)8-9/h5-8,11-12,14H,3-4,13H2,1-2H3/t11-,12+/m0/s1. The molecule has 0 radical (unpaired) electrons. The van der Waals surface area contributed by atoms with Gasteiger partial charge in [-0.15, -0.1) is 0 Å². The van der Waals surface area contributed by atoms with Crippen LogP contribution in [-0.4, -0.2) is 24.5 Å². The van der Waals surface area contributed by atoms with Crippen molar-refractivity contribution in [3.05, 3.63) is 29.8 Å². The lowest BCUT2D eigenvalue weighted by Gasteiger charge is -2.21. The van der Waals surface area contributed by atoms with E-state index >= 15 is 0 Å². The van der Waals surface area contributed by atoms with Crippen LogP contribution in [0.5, 0.6) is 0 Å². The number of nitrogens with two attached hydrogens (primary N) is 1. The van der Waals surface area contributed by atoms with Crippen LogP contribution >= 0.6 is 0 Å². The fraction of sp³-hybridized carbons (Fsp3) is 0.500. The molecule has 0 saturated heterocycles. The second kappa shape index (κ2) is 5.51. The van der Waals surface area contributed by atoms with E-state index in [0.29, 0.717) is 17.7 Å². The zero-order valence-electron chi connectivity index (χ0n) is 10.1. The lowest BCUT2D eigenvalue weighted by molar-refractivity contribution is 0.169. The van der Waals surface area contributed by atoms with Gasteiger partial charge in [0.25, 0.3) is 0 Å². The summed E-state index contributed by atoms with van der Waals surface area (Å²) in [5.41, 5.74) is 6.69. The quantitative estimate of drug-likeness (QED) is 0.784. The molecule has 5 heteroatoms. The number of sulfone groups is 1. The Balaban J connectivity index is 3.06. The number of nitrogen functional groups attached to an aromatic ring is 1. The first-order chi connectivity index (χ1) is 7.92. The molecule has 4 nitrogen and oxygen atoms in total. The largest absolute Gasteiger partial charge is 0.399 e. The molecule has 96 valence electrons. The summed E-state index contributed by atoms with van der Waals surface area (Å²) in [7, 11) is -3.26. The van der Waals surface area contributed by atoms with Crippen LogP contribution in [0.25, 0.3) is 0 Å². The fourth-order valence-electron chi connectivity index (χ4n) is 1.85. The van der Waals surface area contributed by atoms with Crippen LogP contribution in [0.1, 0.15) is 31.9 Å². The Morgan fingerprint density at radius 1 is 1.35 bits per heavy atom. The molecule has 0 fully saturated rings. The van der Waals surface area contributed by atoms with Gasteiger partial charge in [0.15, 0.2) is 9.84 Å². The van der Waals surface area contributed by atoms with Gasteiger partial charge in [0.1, 0.15) is 0 Å². The molecule has 1 rings (SSSR count). The lowest BCUT2D eigenvalue weighted by atomic mass is 10.0. The third-order valence-corrected chi connectivity index (χ3v) is 5.19. The van der Waals surface area contributed by atoms with E-state index in [1.165, 1.54) is 0 Å². The predicted octanol–water partition coefficient (Wildman–Crippen LogP) is 1.52. The van der Waals surface area contributed by atoms with E-state index < -0.39 is 21.2 Å². The SMILES string of the molecule is CC[C@@H]([C@H](O)c1cccc(N)c1)S(=O)(=O)CC. The second-order valence-corrected chi connectivity index (χ2v) is 6.52. The van der Waals surface area contributed by atoms with E-state index in [-0.39, 0.29) is 5.75 Å². The molecule has 0 heterocycles. The van der Waals surface area contributed by atoms with Crippen LogP contribution in [0.2, 0.25) is 0 Å². The summed E-state index contributed by atoms with van der Waals surface area (Å²) in [4.78, 5) is 0. The summed E-state index contributed by atoms with van der Waals surface area (Å²) in [6.07, 6.45) is -0.639. The highest BCUT2D eigenvalue weighted by atomic mass is 32.2. The second-order valence-electron chi connectivity index (χ2n) is 4.01. The number of anilines is 1. The third kappa shape index (κ3) is 3.20. The maximum absolute atomic E-state index is 11.8. The smallest absolute Gasteiger partial charge is 0.155 e. The van der Waals surface area contributed by atoms with Crippen LogP contribution in [0.3, 0.4) is 0 Å². The molecule has 0 amide bonds. The van der Waals surface area contributed by atoms with Gasteiger partial charge >= 0.3 is 0 Å². The number of aliphatic hydroxyl groups is 1. The number of rotatable bonds is 5. The van der Waals surface area contributed by atoms with Gasteiger partial charge in [-0.25, -0.2) is 8.42 Å². The van der Waals surface area contributed by atoms with Crippen LogP contribution in [0, 0.1) is 0 Å². The van der Waals surface area contributed by atoms with Crippen molar-refractivity contribution < 1.29 is 13.5 Å². The zero-order chi connectivity index (χ0) is 13.1. The van der Waals surface area contributed by atoms with E-state index in [1.807, 2.05) is 0 Å². The van der Waals surface area contributed by atoms with Gasteiger partial charge in [0.05, 0.1) is 11.4 Å². The summed E-state index contributed by atoms with van der Waals surface area (Å²) in [6, 6.07) is 6.71. The van der Waals surface area contributed by atoms with Crippen molar-refractivity contribution >= 4 is 15.5 Å². The Morgan fingerprint density at radius 3 is 2.47 bits per heavy atom. The molecule has 0 unspecified atom stereocenters. The molecule has 1 aromatic carbocycles. The molecule has 0 spiro atoms. The molecule has 3 N–H and O–H groups in total. The van der Waals surface area contributed by atoms with Crippen LogP contribution in [-0.2, 0) is 9.84 Å². The molecule has 0 aliphatic rings. The molecule has 0 aromatic heterocycles. The van der Waals surface area contributed by atoms with Crippen molar-refractivity contribution in [1.82, 2.24) is 0 Å². The zero-order valence-corrected chi connectivity index (χ0v) is 10.9. The van der Waals surface area contributed by atoms with E-state index in [9.17, 15) is 13.5 Å². The summed E-state index contributed by atoms with van der Waals surface area (Å²) in [5, 5.41) is 9.37. The molecular weight excluding hydrogens is 238 g/mol. The summed E-state index contributed by atoms with van der Waals surface area (Å²) >= 11 is 0. The molecule has 0 bridgehead atoms. The maximum atomic E-state index is 11.8. The van der Waals surface area contributed by atoms with Gasteiger partial charge in [-0.2, -0.15) is 0 Å². The van der Waals surface area contributed by atoms with Crippen molar-refractivity contribution in [2.45, 2.75) is 31.6 Å². The molecule has 2 atom stereocenters. The minimum absolute atomic E-state index is 0.0326. The van der Waals surface area contributed by atoms with E-state index in [4.69, 9.17) is 5.73 Å². The lowest BCUT2D eigenvalue weighted by Crippen LogP contribution is -2.29. The monoisotopic (exact) mass is 257 g/mol. The van der Waals surface area contributed by atoms with Crippen LogP contribution in [0.15, 0.2) is 24.3 Å². The van der Waals surface area contributed by atoms with Crippen LogP contribution < -0.4 is 5.73 Å². The summed E-state index contributed by atoms with van der Waals surface area (Å²) < 4.78 is 23.7. The van der Waals surface area contributed by atoms with Gasteiger partial charge in [-0.1, -0.05) is 26.0 Å². The van der Waals surface area contributed by atoms with Gasteiger partial charge in [0.2, 0.25) is 0 Å². The van der Waals surface area contributed by atoms with E-state index in [0.717, 1.165) is 0 Å². The molecule has 0 aliphatic carbocycles. The first-order valence-corrected chi connectivity index (χ1v) is 7.39. The van der Waals surface area contributed by atoms with Gasteiger partial charge in [0, 0.05) is 11.4 Å². The van der Waals surface area contributed by atoms with Crippen molar-refractivity contribution in [2.24, 2.45) is 0 Å². The summed E-state index contributed by atoms with van der Waals surface area (Å²) in [5.74, 6) is 0.0326. The van der Waals surface area contributed by atoms with Gasteiger partial charge in [-0.05, 0) is 24.1 Å². The minimum Gasteiger partial charge on any atom is -0.399 e. The number of aliphatic hydroxyl groups excluding tert-OH is 1. The van der Waals surface area contributed by atoms with Crippen LogP contribution in [0.4, 0.5) is 5.69 Å². The number of hydrogen-bond acceptors (Lipinski definition) is 4. The Hall–Kier alpha value is -1.07.